The molecule has 30 heavy (non-hydrogen) atoms. The summed E-state index contributed by atoms with van der Waals surface area (Å²) in [7, 11) is 0. The van der Waals surface area contributed by atoms with Crippen LogP contribution in [0.3, 0.4) is 0 Å². The van der Waals surface area contributed by atoms with E-state index in [0.717, 1.165) is 22.3 Å². The number of nitrogens with one attached hydrogen (secondary N) is 1. The molecule has 0 spiro atoms. The van der Waals surface area contributed by atoms with Crippen molar-refractivity contribution in [1.82, 2.24) is 5.32 Å². The van der Waals surface area contributed by atoms with Crippen LogP contribution in [0.15, 0.2) is 72.8 Å². The van der Waals surface area contributed by atoms with E-state index in [9.17, 15) is 14.7 Å². The smallest absolute Gasteiger partial charge is 0.407 e. The molecule has 3 aromatic carbocycles. The van der Waals surface area contributed by atoms with Gasteiger partial charge in [0, 0.05) is 5.92 Å². The molecule has 0 heterocycles. The van der Waals surface area contributed by atoms with Crippen molar-refractivity contribution in [3.63, 3.8) is 0 Å². The average molecular weight is 399 g/mol. The molecule has 0 radical (unpaired) electrons. The number of carbonyl (C=O) groups is 2. The number of carboxylic acid groups (broad SMARTS) is 1. The third kappa shape index (κ3) is 3.03. The van der Waals surface area contributed by atoms with Gasteiger partial charge in [-0.15, -0.1) is 0 Å². The topological polar surface area (TPSA) is 75.6 Å². The van der Waals surface area contributed by atoms with E-state index in [0.29, 0.717) is 6.42 Å². The number of hydrogen-bond donors (Lipinski definition) is 2. The number of alkyl carbamates (subject to hydrolysis) is 1. The number of hydrogen-bond acceptors (Lipinski definition) is 3. The Morgan fingerprint density at radius 3 is 1.97 bits per heavy atom. The fourth-order valence-electron chi connectivity index (χ4n) is 4.79. The molecule has 0 saturated carbocycles. The van der Waals surface area contributed by atoms with Gasteiger partial charge in [-0.2, -0.15) is 0 Å². The van der Waals surface area contributed by atoms with Crippen molar-refractivity contribution in [2.45, 2.75) is 24.3 Å². The summed E-state index contributed by atoms with van der Waals surface area (Å²) in [6.45, 7) is 0.233. The van der Waals surface area contributed by atoms with Gasteiger partial charge in [0.25, 0.3) is 0 Å². The summed E-state index contributed by atoms with van der Waals surface area (Å²) >= 11 is 0. The number of aliphatic carboxylic acids is 1. The Hall–Kier alpha value is -3.60. The lowest BCUT2D eigenvalue weighted by atomic mass is 9.98. The van der Waals surface area contributed by atoms with Crippen LogP contribution >= 0.6 is 0 Å². The normalized spacial score (nSPS) is 18.9. The standard InChI is InChI=1S/C25H21NO4/c27-24(28)21-13-23(20-12-6-5-11-19(20)21)26-25(29)30-14-22-17-9-3-1-7-15(17)16-8-2-4-10-18(16)22/h1-12,21-23H,13-14H2,(H,26,29)(H,27,28). The van der Waals surface area contributed by atoms with Gasteiger partial charge < -0.3 is 15.2 Å². The van der Waals surface area contributed by atoms with Gasteiger partial charge >= 0.3 is 12.1 Å². The minimum absolute atomic E-state index is 0.00853. The monoisotopic (exact) mass is 399 g/mol. The van der Waals surface area contributed by atoms with Crippen molar-refractivity contribution in [2.75, 3.05) is 6.61 Å². The van der Waals surface area contributed by atoms with Crippen LogP contribution in [0.25, 0.3) is 11.1 Å². The van der Waals surface area contributed by atoms with Gasteiger partial charge in [-0.05, 0) is 39.8 Å². The van der Waals surface area contributed by atoms with Crippen LogP contribution < -0.4 is 5.32 Å². The van der Waals surface area contributed by atoms with E-state index in [1.54, 1.807) is 0 Å². The lowest BCUT2D eigenvalue weighted by Crippen LogP contribution is -2.29. The van der Waals surface area contributed by atoms with E-state index in [1.807, 2.05) is 48.5 Å². The first-order chi connectivity index (χ1) is 14.6. The van der Waals surface area contributed by atoms with Crippen molar-refractivity contribution < 1.29 is 19.4 Å². The van der Waals surface area contributed by atoms with Gasteiger partial charge in [0.1, 0.15) is 6.61 Å². The van der Waals surface area contributed by atoms with Crippen molar-refractivity contribution in [3.8, 4) is 11.1 Å². The first-order valence-electron chi connectivity index (χ1n) is 10.1. The largest absolute Gasteiger partial charge is 0.481 e. The molecule has 2 atom stereocenters. The molecule has 2 aliphatic rings. The second kappa shape index (κ2) is 7.34. The molecule has 5 nitrogen and oxygen atoms in total. The van der Waals surface area contributed by atoms with Gasteiger partial charge in [0.05, 0.1) is 12.0 Å². The van der Waals surface area contributed by atoms with Crippen molar-refractivity contribution in [2.24, 2.45) is 0 Å². The number of carboxylic acids is 1. The zero-order valence-electron chi connectivity index (χ0n) is 16.2. The minimum Gasteiger partial charge on any atom is -0.481 e. The lowest BCUT2D eigenvalue weighted by Gasteiger charge is -2.17. The highest BCUT2D eigenvalue weighted by atomic mass is 16.5. The molecular formula is C25H21NO4. The summed E-state index contributed by atoms with van der Waals surface area (Å²) in [5.74, 6) is -1.50. The van der Waals surface area contributed by atoms with Crippen LogP contribution in [-0.4, -0.2) is 23.8 Å². The molecule has 5 heteroatoms. The zero-order valence-corrected chi connectivity index (χ0v) is 16.2. The Labute approximate surface area is 174 Å². The molecule has 150 valence electrons. The number of amides is 1. The molecule has 3 aromatic rings. The van der Waals surface area contributed by atoms with Crippen LogP contribution in [0.5, 0.6) is 0 Å². The summed E-state index contributed by atoms with van der Waals surface area (Å²) < 4.78 is 5.61. The Kier molecular flexibility index (Phi) is 4.51. The summed E-state index contributed by atoms with van der Waals surface area (Å²) in [6.07, 6.45) is -0.193. The highest BCUT2D eigenvalue weighted by Crippen LogP contribution is 2.44. The fraction of sp³-hybridized carbons (Fsp3) is 0.200. The molecule has 0 aromatic heterocycles. The second-order valence-electron chi connectivity index (χ2n) is 7.78. The zero-order chi connectivity index (χ0) is 20.7. The molecule has 0 saturated heterocycles. The number of benzene rings is 3. The Morgan fingerprint density at radius 2 is 1.37 bits per heavy atom. The number of carbonyl (C=O) groups excluding carboxylic acids is 1. The molecule has 2 N–H and O–H groups in total. The SMILES string of the molecule is O=C(NC1CC(C(=O)O)c2ccccc21)OCC1c2ccccc2-c2ccccc21. The second-order valence-corrected chi connectivity index (χ2v) is 7.78. The third-order valence-corrected chi connectivity index (χ3v) is 6.15. The Balaban J connectivity index is 1.30. The molecule has 0 bridgehead atoms. The van der Waals surface area contributed by atoms with Crippen LogP contribution in [0.2, 0.25) is 0 Å². The van der Waals surface area contributed by atoms with Crippen molar-refractivity contribution in [3.05, 3.63) is 95.1 Å². The maximum atomic E-state index is 12.6. The van der Waals surface area contributed by atoms with E-state index in [-0.39, 0.29) is 18.6 Å². The molecule has 0 fully saturated rings. The van der Waals surface area contributed by atoms with Crippen LogP contribution in [0, 0.1) is 0 Å². The van der Waals surface area contributed by atoms with Gasteiger partial charge in [-0.3, -0.25) is 4.79 Å². The van der Waals surface area contributed by atoms with Gasteiger partial charge in [-0.25, -0.2) is 4.79 Å². The van der Waals surface area contributed by atoms with Crippen LogP contribution in [0.4, 0.5) is 4.79 Å². The predicted molar refractivity (Wildman–Crippen MR) is 112 cm³/mol. The molecule has 0 aliphatic heterocycles. The van der Waals surface area contributed by atoms with E-state index in [2.05, 4.69) is 29.6 Å². The van der Waals surface area contributed by atoms with Gasteiger partial charge in [-0.1, -0.05) is 72.8 Å². The number of fused-ring (bicyclic) bond motifs is 4. The average Bonchev–Trinajstić information content (AvgIpc) is 3.29. The number of rotatable bonds is 4. The quantitative estimate of drug-likeness (QED) is 0.658. The van der Waals surface area contributed by atoms with Crippen LogP contribution in [-0.2, 0) is 9.53 Å². The van der Waals surface area contributed by atoms with Crippen LogP contribution in [0.1, 0.15) is 46.6 Å². The Morgan fingerprint density at radius 1 is 0.833 bits per heavy atom. The van der Waals surface area contributed by atoms with E-state index in [1.165, 1.54) is 11.1 Å². The number of ether oxygens (including phenoxy) is 1. The summed E-state index contributed by atoms with van der Waals surface area (Å²) in [5, 5.41) is 12.4. The predicted octanol–water partition coefficient (Wildman–Crippen LogP) is 4.84. The fourth-order valence-corrected chi connectivity index (χ4v) is 4.79. The maximum absolute atomic E-state index is 12.6. The minimum atomic E-state index is -0.876. The summed E-state index contributed by atoms with van der Waals surface area (Å²) in [5.41, 5.74) is 6.27. The molecule has 2 unspecified atom stereocenters. The maximum Gasteiger partial charge on any atom is 0.407 e. The van der Waals surface area contributed by atoms with E-state index < -0.39 is 18.0 Å². The summed E-state index contributed by atoms with van der Waals surface area (Å²) in [4.78, 5) is 24.2. The Bertz CT molecular complexity index is 1090. The highest BCUT2D eigenvalue weighted by molar-refractivity contribution is 5.80. The highest BCUT2D eigenvalue weighted by Gasteiger charge is 2.36. The first-order valence-corrected chi connectivity index (χ1v) is 10.1. The first kappa shape index (κ1) is 18.4. The van der Waals surface area contributed by atoms with Crippen molar-refractivity contribution in [1.29, 1.82) is 0 Å². The van der Waals surface area contributed by atoms with Crippen molar-refractivity contribution >= 4 is 12.1 Å². The molecule has 2 aliphatic carbocycles. The molecule has 5 rings (SSSR count). The molecule has 1 amide bonds. The lowest BCUT2D eigenvalue weighted by molar-refractivity contribution is -0.138. The van der Waals surface area contributed by atoms with E-state index >= 15 is 0 Å². The van der Waals surface area contributed by atoms with Gasteiger partial charge in [0.15, 0.2) is 0 Å². The summed E-state index contributed by atoms with van der Waals surface area (Å²) in [6, 6.07) is 23.4. The van der Waals surface area contributed by atoms with Gasteiger partial charge in [0.2, 0.25) is 0 Å². The molecular weight excluding hydrogens is 378 g/mol. The van der Waals surface area contributed by atoms with E-state index in [4.69, 9.17) is 4.74 Å². The third-order valence-electron chi connectivity index (χ3n) is 6.15.